The highest BCUT2D eigenvalue weighted by molar-refractivity contribution is 7.91. The van der Waals surface area contributed by atoms with E-state index in [1.54, 1.807) is 0 Å². The number of carbonyl (C=O) groups excluding carboxylic acids is 1. The third kappa shape index (κ3) is 1.52. The van der Waals surface area contributed by atoms with Crippen molar-refractivity contribution in [2.45, 2.75) is 17.2 Å². The first kappa shape index (κ1) is 10.2. The van der Waals surface area contributed by atoms with Gasteiger partial charge in [0.25, 0.3) is 0 Å². The number of hydrogen-bond donors (Lipinski definition) is 1. The van der Waals surface area contributed by atoms with Crippen LogP contribution in [0.15, 0.2) is 23.1 Å². The van der Waals surface area contributed by atoms with Gasteiger partial charge in [-0.05, 0) is 12.1 Å². The van der Waals surface area contributed by atoms with Gasteiger partial charge in [-0.1, -0.05) is 6.07 Å². The van der Waals surface area contributed by atoms with Crippen molar-refractivity contribution in [3.8, 4) is 5.75 Å². The van der Waals surface area contributed by atoms with E-state index < -0.39 is 15.8 Å². The van der Waals surface area contributed by atoms with Gasteiger partial charge in [-0.3, -0.25) is 0 Å². The molecule has 1 aliphatic rings. The quantitative estimate of drug-likeness (QED) is 0.759. The number of phenols is 1. The Morgan fingerprint density at radius 3 is 2.87 bits per heavy atom. The lowest BCUT2D eigenvalue weighted by atomic mass is 9.98. The first-order chi connectivity index (χ1) is 7.06. The van der Waals surface area contributed by atoms with Crippen LogP contribution in [0.2, 0.25) is 0 Å². The lowest BCUT2D eigenvalue weighted by Gasteiger charge is -2.06. The van der Waals surface area contributed by atoms with Crippen LogP contribution in [0.1, 0.15) is 17.9 Å². The van der Waals surface area contributed by atoms with Gasteiger partial charge in [-0.2, -0.15) is 0 Å². The van der Waals surface area contributed by atoms with Gasteiger partial charge in [0, 0.05) is 17.9 Å². The molecule has 0 aromatic heterocycles. The fourth-order valence-corrected chi connectivity index (χ4v) is 3.86. The molecule has 0 aliphatic carbocycles. The number of aldehydes is 1. The van der Waals surface area contributed by atoms with Gasteiger partial charge in [-0.15, -0.1) is 0 Å². The molecule has 0 saturated heterocycles. The molecule has 1 N–H and O–H groups in total. The van der Waals surface area contributed by atoms with Gasteiger partial charge in [0.1, 0.15) is 12.0 Å². The average Bonchev–Trinajstić information content (AvgIpc) is 2.41. The van der Waals surface area contributed by atoms with E-state index in [1.807, 2.05) is 0 Å². The molecule has 5 heteroatoms. The SMILES string of the molecule is O=CCC1CS(=O)(=O)c2cccc(O)c21. The molecule has 1 atom stereocenters. The Labute approximate surface area is 87.5 Å². The summed E-state index contributed by atoms with van der Waals surface area (Å²) in [5.74, 6) is -0.525. The number of rotatable bonds is 2. The Balaban J connectivity index is 2.63. The second kappa shape index (κ2) is 3.34. The molecule has 1 heterocycles. The molecule has 1 unspecified atom stereocenters. The van der Waals surface area contributed by atoms with Crippen LogP contribution in [0.25, 0.3) is 0 Å². The molecule has 0 amide bonds. The minimum Gasteiger partial charge on any atom is -0.508 e. The molecule has 0 fully saturated rings. The molecule has 80 valence electrons. The summed E-state index contributed by atoms with van der Waals surface area (Å²) >= 11 is 0. The zero-order valence-corrected chi connectivity index (χ0v) is 8.70. The second-order valence-electron chi connectivity index (χ2n) is 3.57. The van der Waals surface area contributed by atoms with Crippen LogP contribution in [0.3, 0.4) is 0 Å². The molecule has 2 rings (SSSR count). The Hall–Kier alpha value is -1.36. The summed E-state index contributed by atoms with van der Waals surface area (Å²) in [5, 5.41) is 9.58. The van der Waals surface area contributed by atoms with Crippen molar-refractivity contribution < 1.29 is 18.3 Å². The first-order valence-electron chi connectivity index (χ1n) is 4.54. The molecule has 1 aliphatic heterocycles. The molecule has 0 spiro atoms. The van der Waals surface area contributed by atoms with Gasteiger partial charge < -0.3 is 9.90 Å². The maximum absolute atomic E-state index is 11.7. The highest BCUT2D eigenvalue weighted by Crippen LogP contribution is 2.41. The van der Waals surface area contributed by atoms with Crippen molar-refractivity contribution in [1.82, 2.24) is 0 Å². The smallest absolute Gasteiger partial charge is 0.179 e. The predicted octanol–water partition coefficient (Wildman–Crippen LogP) is 0.852. The number of carbonyl (C=O) groups is 1. The van der Waals surface area contributed by atoms with Crippen molar-refractivity contribution in [3.05, 3.63) is 23.8 Å². The normalized spacial score (nSPS) is 22.3. The fourth-order valence-electron chi connectivity index (χ4n) is 1.95. The lowest BCUT2D eigenvalue weighted by molar-refractivity contribution is -0.108. The van der Waals surface area contributed by atoms with Crippen LogP contribution in [-0.4, -0.2) is 25.6 Å². The summed E-state index contributed by atoms with van der Waals surface area (Å²) in [4.78, 5) is 10.6. The van der Waals surface area contributed by atoms with E-state index in [1.165, 1.54) is 18.2 Å². The van der Waals surface area contributed by atoms with E-state index in [-0.39, 0.29) is 22.8 Å². The summed E-state index contributed by atoms with van der Waals surface area (Å²) in [6.45, 7) is 0. The molecule has 0 radical (unpaired) electrons. The topological polar surface area (TPSA) is 71.4 Å². The van der Waals surface area contributed by atoms with Gasteiger partial charge >= 0.3 is 0 Å². The standard InChI is InChI=1S/C10H10O4S/c11-5-4-7-6-15(13,14)9-3-1-2-8(12)10(7)9/h1-3,5,7,12H,4,6H2. The van der Waals surface area contributed by atoms with Gasteiger partial charge in [0.2, 0.25) is 0 Å². The third-order valence-electron chi connectivity index (χ3n) is 2.59. The average molecular weight is 226 g/mol. The Bertz CT molecular complexity index is 504. The molecule has 0 bridgehead atoms. The van der Waals surface area contributed by atoms with Gasteiger partial charge in [0.15, 0.2) is 9.84 Å². The maximum Gasteiger partial charge on any atom is 0.179 e. The van der Waals surface area contributed by atoms with E-state index in [2.05, 4.69) is 0 Å². The number of benzene rings is 1. The summed E-state index contributed by atoms with van der Waals surface area (Å²) in [5.41, 5.74) is 0.393. The molecule has 15 heavy (non-hydrogen) atoms. The molecule has 0 saturated carbocycles. The highest BCUT2D eigenvalue weighted by atomic mass is 32.2. The van der Waals surface area contributed by atoms with Crippen molar-refractivity contribution in [3.63, 3.8) is 0 Å². The molecule has 1 aromatic carbocycles. The van der Waals surface area contributed by atoms with Crippen LogP contribution < -0.4 is 0 Å². The Kier molecular flexibility index (Phi) is 2.26. The molecule has 4 nitrogen and oxygen atoms in total. The number of phenolic OH excluding ortho intramolecular Hbond substituents is 1. The first-order valence-corrected chi connectivity index (χ1v) is 6.20. The van der Waals surface area contributed by atoms with Crippen LogP contribution in [0, 0.1) is 0 Å². The van der Waals surface area contributed by atoms with Crippen LogP contribution in [0.5, 0.6) is 5.75 Å². The molecule has 1 aromatic rings. The maximum atomic E-state index is 11.7. The number of sulfone groups is 1. The van der Waals surface area contributed by atoms with E-state index in [0.717, 1.165) is 0 Å². The summed E-state index contributed by atoms with van der Waals surface area (Å²) in [7, 11) is -3.32. The summed E-state index contributed by atoms with van der Waals surface area (Å²) < 4.78 is 23.3. The monoisotopic (exact) mass is 226 g/mol. The van der Waals surface area contributed by atoms with Gasteiger partial charge in [-0.25, -0.2) is 8.42 Å². The largest absolute Gasteiger partial charge is 0.508 e. The zero-order chi connectivity index (χ0) is 11.1. The van der Waals surface area contributed by atoms with Crippen LogP contribution in [0.4, 0.5) is 0 Å². The zero-order valence-electron chi connectivity index (χ0n) is 7.88. The number of fused-ring (bicyclic) bond motifs is 1. The number of hydrogen-bond acceptors (Lipinski definition) is 4. The minimum atomic E-state index is -3.32. The molecular formula is C10H10O4S. The van der Waals surface area contributed by atoms with Crippen molar-refractivity contribution in [1.29, 1.82) is 0 Å². The highest BCUT2D eigenvalue weighted by Gasteiger charge is 2.36. The Morgan fingerprint density at radius 2 is 2.20 bits per heavy atom. The fraction of sp³-hybridized carbons (Fsp3) is 0.300. The van der Waals surface area contributed by atoms with Crippen LogP contribution in [-0.2, 0) is 14.6 Å². The second-order valence-corrected chi connectivity index (χ2v) is 5.57. The van der Waals surface area contributed by atoms with Crippen LogP contribution >= 0.6 is 0 Å². The Morgan fingerprint density at radius 1 is 1.47 bits per heavy atom. The van der Waals surface area contributed by atoms with E-state index in [0.29, 0.717) is 11.8 Å². The van der Waals surface area contributed by atoms with E-state index in [9.17, 15) is 18.3 Å². The predicted molar refractivity (Wildman–Crippen MR) is 53.6 cm³/mol. The minimum absolute atomic E-state index is 0.0413. The van der Waals surface area contributed by atoms with Crippen molar-refractivity contribution in [2.75, 3.05) is 5.75 Å². The summed E-state index contributed by atoms with van der Waals surface area (Å²) in [6.07, 6.45) is 0.811. The third-order valence-corrected chi connectivity index (χ3v) is 4.46. The van der Waals surface area contributed by atoms with Crippen molar-refractivity contribution in [2.24, 2.45) is 0 Å². The van der Waals surface area contributed by atoms with Gasteiger partial charge in [0.05, 0.1) is 10.6 Å². The lowest BCUT2D eigenvalue weighted by Crippen LogP contribution is -2.03. The molecular weight excluding hydrogens is 216 g/mol. The van der Waals surface area contributed by atoms with Crippen molar-refractivity contribution >= 4 is 16.1 Å². The summed E-state index contributed by atoms with van der Waals surface area (Å²) in [6, 6.07) is 4.40. The van der Waals surface area contributed by atoms with E-state index >= 15 is 0 Å². The van der Waals surface area contributed by atoms with E-state index in [4.69, 9.17) is 0 Å². The number of aromatic hydroxyl groups is 1.